The lowest BCUT2D eigenvalue weighted by Gasteiger charge is -2.11. The number of ether oxygens (including phenoxy) is 1. The number of anilines is 1. The van der Waals surface area contributed by atoms with Crippen molar-refractivity contribution in [3.05, 3.63) is 59.7 Å². The number of benzene rings is 2. The van der Waals surface area contributed by atoms with Gasteiger partial charge < -0.3 is 10.5 Å². The topological polar surface area (TPSA) is 59.0 Å². The SMILES string of the molecule is CC(C#N)c1cc(OCc2ccccc2)ccc1N. The van der Waals surface area contributed by atoms with Crippen LogP contribution in [0.3, 0.4) is 0 Å². The summed E-state index contributed by atoms with van der Waals surface area (Å²) < 4.78 is 5.72. The molecule has 0 saturated heterocycles. The van der Waals surface area contributed by atoms with Crippen molar-refractivity contribution in [3.63, 3.8) is 0 Å². The van der Waals surface area contributed by atoms with Crippen molar-refractivity contribution in [2.75, 3.05) is 5.73 Å². The van der Waals surface area contributed by atoms with Crippen LogP contribution in [0.4, 0.5) is 5.69 Å². The van der Waals surface area contributed by atoms with Crippen molar-refractivity contribution in [1.29, 1.82) is 5.26 Å². The number of nitrogens with zero attached hydrogens (tertiary/aromatic N) is 1. The van der Waals surface area contributed by atoms with Gasteiger partial charge in [-0.15, -0.1) is 0 Å². The lowest BCUT2D eigenvalue weighted by molar-refractivity contribution is 0.306. The number of nitrogen functional groups attached to an aromatic ring is 1. The molecule has 96 valence electrons. The second kappa shape index (κ2) is 5.92. The molecule has 0 heterocycles. The number of nitrogens with two attached hydrogens (primary N) is 1. The predicted molar refractivity (Wildman–Crippen MR) is 75.7 cm³/mol. The molecule has 3 heteroatoms. The molecular formula is C16H16N2O. The average molecular weight is 252 g/mol. The van der Waals surface area contributed by atoms with E-state index in [1.54, 1.807) is 6.07 Å². The summed E-state index contributed by atoms with van der Waals surface area (Å²) in [6.45, 7) is 2.33. The quantitative estimate of drug-likeness (QED) is 0.847. The zero-order chi connectivity index (χ0) is 13.7. The maximum Gasteiger partial charge on any atom is 0.120 e. The molecule has 2 aromatic carbocycles. The maximum atomic E-state index is 8.97. The summed E-state index contributed by atoms with van der Waals surface area (Å²) in [5.41, 5.74) is 8.41. The van der Waals surface area contributed by atoms with Gasteiger partial charge in [0.25, 0.3) is 0 Å². The molecule has 0 aliphatic rings. The highest BCUT2D eigenvalue weighted by Crippen LogP contribution is 2.26. The van der Waals surface area contributed by atoms with E-state index in [1.165, 1.54) is 0 Å². The van der Waals surface area contributed by atoms with Crippen LogP contribution in [0.1, 0.15) is 24.0 Å². The van der Waals surface area contributed by atoms with Crippen LogP contribution < -0.4 is 10.5 Å². The van der Waals surface area contributed by atoms with E-state index in [-0.39, 0.29) is 5.92 Å². The third-order valence-corrected chi connectivity index (χ3v) is 2.97. The molecule has 0 fully saturated rings. The molecule has 2 rings (SSSR count). The first-order valence-corrected chi connectivity index (χ1v) is 6.16. The van der Waals surface area contributed by atoms with E-state index in [0.29, 0.717) is 12.3 Å². The number of hydrogen-bond donors (Lipinski definition) is 1. The van der Waals surface area contributed by atoms with E-state index < -0.39 is 0 Å². The fourth-order valence-electron chi connectivity index (χ4n) is 1.83. The Morgan fingerprint density at radius 2 is 1.95 bits per heavy atom. The van der Waals surface area contributed by atoms with Gasteiger partial charge in [-0.25, -0.2) is 0 Å². The molecule has 0 bridgehead atoms. The second-order valence-electron chi connectivity index (χ2n) is 4.42. The largest absolute Gasteiger partial charge is 0.489 e. The maximum absolute atomic E-state index is 8.97. The minimum absolute atomic E-state index is 0.236. The highest BCUT2D eigenvalue weighted by molar-refractivity contribution is 5.53. The van der Waals surface area contributed by atoms with Crippen LogP contribution in [0.25, 0.3) is 0 Å². The van der Waals surface area contributed by atoms with Crippen molar-refractivity contribution in [1.82, 2.24) is 0 Å². The highest BCUT2D eigenvalue weighted by Gasteiger charge is 2.09. The van der Waals surface area contributed by atoms with Gasteiger partial charge in [0.1, 0.15) is 12.4 Å². The number of hydrogen-bond acceptors (Lipinski definition) is 3. The van der Waals surface area contributed by atoms with Crippen molar-refractivity contribution >= 4 is 5.69 Å². The smallest absolute Gasteiger partial charge is 0.120 e. The summed E-state index contributed by atoms with van der Waals surface area (Å²) in [4.78, 5) is 0. The van der Waals surface area contributed by atoms with Crippen molar-refractivity contribution in [2.45, 2.75) is 19.4 Å². The summed E-state index contributed by atoms with van der Waals surface area (Å²) >= 11 is 0. The van der Waals surface area contributed by atoms with Crippen LogP contribution in [0.15, 0.2) is 48.5 Å². The van der Waals surface area contributed by atoms with Crippen LogP contribution in [0.5, 0.6) is 5.75 Å². The van der Waals surface area contributed by atoms with Crippen molar-refractivity contribution < 1.29 is 4.74 Å². The molecule has 1 unspecified atom stereocenters. The van der Waals surface area contributed by atoms with E-state index in [9.17, 15) is 0 Å². The first kappa shape index (κ1) is 13.0. The van der Waals surface area contributed by atoms with Crippen molar-refractivity contribution in [2.24, 2.45) is 0 Å². The molecule has 0 spiro atoms. The van der Waals surface area contributed by atoms with Gasteiger partial charge in [0, 0.05) is 5.69 Å². The Morgan fingerprint density at radius 1 is 1.21 bits per heavy atom. The van der Waals surface area contributed by atoms with Gasteiger partial charge in [0.2, 0.25) is 0 Å². The molecule has 0 aliphatic heterocycles. The Morgan fingerprint density at radius 3 is 2.63 bits per heavy atom. The van der Waals surface area contributed by atoms with E-state index in [0.717, 1.165) is 16.9 Å². The van der Waals surface area contributed by atoms with Crippen LogP contribution in [-0.4, -0.2) is 0 Å². The summed E-state index contributed by atoms with van der Waals surface area (Å²) in [5, 5.41) is 8.97. The third-order valence-electron chi connectivity index (χ3n) is 2.97. The lowest BCUT2D eigenvalue weighted by atomic mass is 10.0. The average Bonchev–Trinajstić information content (AvgIpc) is 2.46. The molecule has 0 saturated carbocycles. The fraction of sp³-hybridized carbons (Fsp3) is 0.188. The third kappa shape index (κ3) is 3.26. The molecule has 2 N–H and O–H groups in total. The molecule has 19 heavy (non-hydrogen) atoms. The first-order chi connectivity index (χ1) is 9.20. The Labute approximate surface area is 113 Å². The van der Waals surface area contributed by atoms with Gasteiger partial charge >= 0.3 is 0 Å². The highest BCUT2D eigenvalue weighted by atomic mass is 16.5. The van der Waals surface area contributed by atoms with Crippen LogP contribution in [-0.2, 0) is 6.61 Å². The van der Waals surface area contributed by atoms with Gasteiger partial charge in [0.05, 0.1) is 12.0 Å². The Kier molecular flexibility index (Phi) is 4.04. The minimum atomic E-state index is -0.236. The molecule has 0 amide bonds. The van der Waals surface area contributed by atoms with Crippen molar-refractivity contribution in [3.8, 4) is 11.8 Å². The Bertz CT molecular complexity index is 587. The van der Waals surface area contributed by atoms with Crippen LogP contribution >= 0.6 is 0 Å². The first-order valence-electron chi connectivity index (χ1n) is 6.16. The molecule has 0 aromatic heterocycles. The molecule has 2 aromatic rings. The van der Waals surface area contributed by atoms with Gasteiger partial charge in [-0.3, -0.25) is 0 Å². The Balaban J connectivity index is 2.12. The molecule has 0 radical (unpaired) electrons. The van der Waals surface area contributed by atoms with Gasteiger partial charge in [-0.2, -0.15) is 5.26 Å². The second-order valence-corrected chi connectivity index (χ2v) is 4.42. The van der Waals surface area contributed by atoms with Gasteiger partial charge in [-0.1, -0.05) is 30.3 Å². The predicted octanol–water partition coefficient (Wildman–Crippen LogP) is 3.47. The van der Waals surface area contributed by atoms with E-state index >= 15 is 0 Å². The van der Waals surface area contributed by atoms with E-state index in [2.05, 4.69) is 6.07 Å². The van der Waals surface area contributed by atoms with E-state index in [1.807, 2.05) is 49.4 Å². The van der Waals surface area contributed by atoms with Crippen LogP contribution in [0.2, 0.25) is 0 Å². The summed E-state index contributed by atoms with van der Waals surface area (Å²) in [6, 6.07) is 17.6. The number of nitriles is 1. The zero-order valence-electron chi connectivity index (χ0n) is 10.8. The molecular weight excluding hydrogens is 236 g/mol. The molecule has 0 aliphatic carbocycles. The summed E-state index contributed by atoms with van der Waals surface area (Å²) in [7, 11) is 0. The fourth-order valence-corrected chi connectivity index (χ4v) is 1.83. The normalized spacial score (nSPS) is 11.6. The van der Waals surface area contributed by atoms with Gasteiger partial charge in [0.15, 0.2) is 0 Å². The Hall–Kier alpha value is -2.47. The van der Waals surface area contributed by atoms with Crippen LogP contribution in [0, 0.1) is 11.3 Å². The minimum Gasteiger partial charge on any atom is -0.489 e. The van der Waals surface area contributed by atoms with E-state index in [4.69, 9.17) is 15.7 Å². The number of rotatable bonds is 4. The molecule has 1 atom stereocenters. The monoisotopic (exact) mass is 252 g/mol. The molecule has 3 nitrogen and oxygen atoms in total. The summed E-state index contributed by atoms with van der Waals surface area (Å²) in [6.07, 6.45) is 0. The summed E-state index contributed by atoms with van der Waals surface area (Å²) in [5.74, 6) is 0.496. The lowest BCUT2D eigenvalue weighted by Crippen LogP contribution is -2.00. The standard InChI is InChI=1S/C16H16N2O/c1-12(10-17)15-9-14(7-8-16(15)18)19-11-13-5-3-2-4-6-13/h2-9,12H,11,18H2,1H3. The zero-order valence-corrected chi connectivity index (χ0v) is 10.8. The van der Waals surface area contributed by atoms with Gasteiger partial charge in [-0.05, 0) is 36.2 Å².